The number of benzene rings is 2. The summed E-state index contributed by atoms with van der Waals surface area (Å²) >= 11 is 0. The third-order valence-corrected chi connectivity index (χ3v) is 3.38. The van der Waals surface area contributed by atoms with Crippen molar-refractivity contribution in [3.05, 3.63) is 65.2 Å². The Morgan fingerprint density at radius 2 is 1.57 bits per heavy atom. The van der Waals surface area contributed by atoms with Crippen molar-refractivity contribution in [3.8, 4) is 0 Å². The summed E-state index contributed by atoms with van der Waals surface area (Å²) in [4.78, 5) is 13.2. The summed E-state index contributed by atoms with van der Waals surface area (Å²) in [5, 5.41) is 0. The number of anilines is 1. The molecule has 3 nitrogen and oxygen atoms in total. The van der Waals surface area contributed by atoms with Gasteiger partial charge in [-0.3, -0.25) is 4.90 Å². The minimum atomic E-state index is -0.383. The molecule has 0 aliphatic heterocycles. The molecule has 0 spiro atoms. The van der Waals surface area contributed by atoms with Crippen molar-refractivity contribution >= 4 is 23.9 Å². The molecule has 0 aliphatic rings. The highest BCUT2D eigenvalue weighted by molar-refractivity contribution is 5.91. The summed E-state index contributed by atoms with van der Waals surface area (Å²) in [6.45, 7) is 2.08. The Labute approximate surface area is 125 Å². The third kappa shape index (κ3) is 3.51. The van der Waals surface area contributed by atoms with Crippen LogP contribution in [0.1, 0.15) is 16.7 Å². The van der Waals surface area contributed by atoms with Crippen molar-refractivity contribution in [1.29, 1.82) is 0 Å². The molecular formula is C18H19NO2. The number of rotatable bonds is 3. The van der Waals surface area contributed by atoms with E-state index >= 15 is 0 Å². The van der Waals surface area contributed by atoms with E-state index in [2.05, 4.69) is 25.1 Å². The van der Waals surface area contributed by atoms with E-state index in [-0.39, 0.29) is 6.09 Å². The summed E-state index contributed by atoms with van der Waals surface area (Å²) < 4.78 is 4.77. The van der Waals surface area contributed by atoms with E-state index in [0.29, 0.717) is 0 Å². The standard InChI is InChI=1S/C18H19NO2/c1-14-8-4-5-9-15(14)12-13-16-10-6-7-11-17(16)19(2)18(20)21-3/h4-13H,1-3H3. The van der Waals surface area contributed by atoms with Gasteiger partial charge in [0.2, 0.25) is 0 Å². The lowest BCUT2D eigenvalue weighted by molar-refractivity contribution is 0.180. The number of amides is 1. The molecule has 0 N–H and O–H groups in total. The number of aryl methyl sites for hydroxylation is 1. The average molecular weight is 281 g/mol. The summed E-state index contributed by atoms with van der Waals surface area (Å²) in [7, 11) is 3.08. The van der Waals surface area contributed by atoms with Gasteiger partial charge in [-0.1, -0.05) is 54.6 Å². The van der Waals surface area contributed by atoms with E-state index < -0.39 is 0 Å². The predicted molar refractivity (Wildman–Crippen MR) is 87.4 cm³/mol. The fourth-order valence-electron chi connectivity index (χ4n) is 2.12. The van der Waals surface area contributed by atoms with Crippen molar-refractivity contribution in [3.63, 3.8) is 0 Å². The van der Waals surface area contributed by atoms with Gasteiger partial charge in [-0.2, -0.15) is 0 Å². The monoisotopic (exact) mass is 281 g/mol. The van der Waals surface area contributed by atoms with E-state index in [4.69, 9.17) is 4.74 Å². The molecule has 21 heavy (non-hydrogen) atoms. The normalized spacial score (nSPS) is 10.6. The van der Waals surface area contributed by atoms with Crippen LogP contribution in [0.2, 0.25) is 0 Å². The summed E-state index contributed by atoms with van der Waals surface area (Å²) in [5.41, 5.74) is 4.16. The van der Waals surface area contributed by atoms with Crippen LogP contribution in [0.15, 0.2) is 48.5 Å². The highest BCUT2D eigenvalue weighted by atomic mass is 16.5. The van der Waals surface area contributed by atoms with E-state index in [1.54, 1.807) is 7.05 Å². The fourth-order valence-corrected chi connectivity index (χ4v) is 2.12. The molecule has 108 valence electrons. The summed E-state index contributed by atoms with van der Waals surface area (Å²) in [5.74, 6) is 0. The highest BCUT2D eigenvalue weighted by Crippen LogP contribution is 2.22. The van der Waals surface area contributed by atoms with E-state index in [1.165, 1.54) is 17.6 Å². The average Bonchev–Trinajstić information content (AvgIpc) is 2.53. The lowest BCUT2D eigenvalue weighted by Gasteiger charge is -2.17. The van der Waals surface area contributed by atoms with Gasteiger partial charge in [0.25, 0.3) is 0 Å². The van der Waals surface area contributed by atoms with Gasteiger partial charge in [-0.15, -0.1) is 0 Å². The van der Waals surface area contributed by atoms with E-state index in [9.17, 15) is 4.79 Å². The van der Waals surface area contributed by atoms with Gasteiger partial charge in [0, 0.05) is 7.05 Å². The highest BCUT2D eigenvalue weighted by Gasteiger charge is 2.12. The van der Waals surface area contributed by atoms with E-state index in [0.717, 1.165) is 16.8 Å². The van der Waals surface area contributed by atoms with Crippen molar-refractivity contribution < 1.29 is 9.53 Å². The molecular weight excluding hydrogens is 262 g/mol. The van der Waals surface area contributed by atoms with Crippen molar-refractivity contribution in [1.82, 2.24) is 0 Å². The number of ether oxygens (including phenoxy) is 1. The maximum absolute atomic E-state index is 11.7. The molecule has 0 saturated heterocycles. The molecule has 0 aromatic heterocycles. The van der Waals surface area contributed by atoms with Gasteiger partial charge in [0.05, 0.1) is 12.8 Å². The van der Waals surface area contributed by atoms with Crippen LogP contribution in [0.3, 0.4) is 0 Å². The maximum Gasteiger partial charge on any atom is 0.413 e. The van der Waals surface area contributed by atoms with Crippen LogP contribution in [-0.4, -0.2) is 20.3 Å². The van der Waals surface area contributed by atoms with Crippen molar-refractivity contribution in [2.75, 3.05) is 19.1 Å². The van der Waals surface area contributed by atoms with Gasteiger partial charge in [-0.05, 0) is 29.7 Å². The van der Waals surface area contributed by atoms with Gasteiger partial charge in [0.15, 0.2) is 0 Å². The third-order valence-electron chi connectivity index (χ3n) is 3.38. The summed E-state index contributed by atoms with van der Waals surface area (Å²) in [6.07, 6.45) is 3.68. The Bertz CT molecular complexity index is 662. The molecule has 2 aromatic carbocycles. The summed E-state index contributed by atoms with van der Waals surface area (Å²) in [6, 6.07) is 15.9. The number of carbonyl (C=O) groups is 1. The van der Waals surface area contributed by atoms with Gasteiger partial charge >= 0.3 is 6.09 Å². The van der Waals surface area contributed by atoms with Crippen LogP contribution < -0.4 is 4.90 Å². The lowest BCUT2D eigenvalue weighted by atomic mass is 10.1. The molecule has 0 bridgehead atoms. The molecule has 0 atom stereocenters. The van der Waals surface area contributed by atoms with Gasteiger partial charge in [0.1, 0.15) is 0 Å². The molecule has 0 aliphatic carbocycles. The Kier molecular flexibility index (Phi) is 4.77. The van der Waals surface area contributed by atoms with Crippen LogP contribution in [0.25, 0.3) is 12.2 Å². The zero-order valence-electron chi connectivity index (χ0n) is 12.5. The SMILES string of the molecule is COC(=O)N(C)c1ccccc1C=Cc1ccccc1C. The first-order valence-corrected chi connectivity index (χ1v) is 6.78. The topological polar surface area (TPSA) is 29.5 Å². The largest absolute Gasteiger partial charge is 0.452 e. The molecule has 2 rings (SSSR count). The molecule has 0 fully saturated rings. The first-order valence-electron chi connectivity index (χ1n) is 6.78. The van der Waals surface area contributed by atoms with Crippen LogP contribution in [0.5, 0.6) is 0 Å². The minimum absolute atomic E-state index is 0.383. The van der Waals surface area contributed by atoms with E-state index in [1.807, 2.05) is 42.5 Å². The van der Waals surface area contributed by atoms with Crippen LogP contribution >= 0.6 is 0 Å². The Morgan fingerprint density at radius 3 is 2.24 bits per heavy atom. The number of hydrogen-bond acceptors (Lipinski definition) is 2. The number of carbonyl (C=O) groups excluding carboxylic acids is 1. The molecule has 0 unspecified atom stereocenters. The predicted octanol–water partition coefficient (Wildman–Crippen LogP) is 4.37. The van der Waals surface area contributed by atoms with Crippen molar-refractivity contribution in [2.45, 2.75) is 6.92 Å². The number of hydrogen-bond donors (Lipinski definition) is 0. The zero-order chi connectivity index (χ0) is 15.2. The zero-order valence-corrected chi connectivity index (χ0v) is 12.5. The quantitative estimate of drug-likeness (QED) is 0.782. The molecule has 2 aromatic rings. The Morgan fingerprint density at radius 1 is 1.00 bits per heavy atom. The second-order valence-electron chi connectivity index (χ2n) is 4.78. The molecule has 1 amide bonds. The first-order chi connectivity index (χ1) is 10.1. The second-order valence-corrected chi connectivity index (χ2v) is 4.78. The van der Waals surface area contributed by atoms with Crippen molar-refractivity contribution in [2.24, 2.45) is 0 Å². The first kappa shape index (κ1) is 14.9. The Balaban J connectivity index is 2.33. The van der Waals surface area contributed by atoms with Crippen LogP contribution in [0, 0.1) is 6.92 Å². The van der Waals surface area contributed by atoms with Gasteiger partial charge < -0.3 is 4.74 Å². The molecule has 0 heterocycles. The number of para-hydroxylation sites is 1. The van der Waals surface area contributed by atoms with Crippen LogP contribution in [0.4, 0.5) is 10.5 Å². The minimum Gasteiger partial charge on any atom is -0.452 e. The Hall–Kier alpha value is -2.55. The second kappa shape index (κ2) is 6.75. The van der Waals surface area contributed by atoms with Gasteiger partial charge in [-0.25, -0.2) is 4.79 Å². The maximum atomic E-state index is 11.7. The number of methoxy groups -OCH3 is 1. The number of nitrogens with zero attached hydrogens (tertiary/aromatic N) is 1. The smallest absolute Gasteiger partial charge is 0.413 e. The molecule has 3 heteroatoms. The lowest BCUT2D eigenvalue weighted by Crippen LogP contribution is -2.26. The molecule has 0 radical (unpaired) electrons. The fraction of sp³-hybridized carbons (Fsp3) is 0.167. The van der Waals surface area contributed by atoms with Crippen LogP contribution in [-0.2, 0) is 4.74 Å². The molecule has 0 saturated carbocycles.